The van der Waals surface area contributed by atoms with Gasteiger partial charge in [0.15, 0.2) is 0 Å². The monoisotopic (exact) mass is 203 g/mol. The molecule has 0 saturated carbocycles. The molecule has 1 unspecified atom stereocenters. The molecule has 0 aliphatic rings. The maximum Gasteiger partial charge on any atom is 0.0622 e. The summed E-state index contributed by atoms with van der Waals surface area (Å²) in [4.78, 5) is 3.85. The number of hydrogen-bond acceptors (Lipinski definition) is 2. The number of benzene rings is 1. The molecular weight excluding hydrogens is 190 g/mol. The molecule has 1 atom stereocenters. The topological polar surface area (TPSA) is 12.4 Å². The highest BCUT2D eigenvalue weighted by molar-refractivity contribution is 7.78. The van der Waals surface area contributed by atoms with Crippen molar-refractivity contribution in [2.45, 2.75) is 19.3 Å². The first kappa shape index (κ1) is 10.8. The second-order valence-electron chi connectivity index (χ2n) is 3.21. The summed E-state index contributed by atoms with van der Waals surface area (Å²) in [5.41, 5.74) is 2.20. The standard InChI is InChI=1S/C12H13NS/c1-10(4-3-9-14)11-5-7-12(13-2)8-6-11/h3,5-8,10H,2,4H2,1H3. The Morgan fingerprint density at radius 2 is 2.14 bits per heavy atom. The molecule has 0 spiro atoms. The zero-order valence-corrected chi connectivity index (χ0v) is 9.05. The molecule has 0 aliphatic carbocycles. The summed E-state index contributed by atoms with van der Waals surface area (Å²) in [5.74, 6) is 0.476. The maximum atomic E-state index is 4.63. The van der Waals surface area contributed by atoms with E-state index in [0.717, 1.165) is 12.1 Å². The van der Waals surface area contributed by atoms with Gasteiger partial charge in [-0.05, 0) is 55.0 Å². The third-order valence-electron chi connectivity index (χ3n) is 2.20. The number of nitrogens with zero attached hydrogens (tertiary/aromatic N) is 1. The van der Waals surface area contributed by atoms with E-state index in [9.17, 15) is 0 Å². The van der Waals surface area contributed by atoms with Crippen molar-refractivity contribution in [3.05, 3.63) is 35.9 Å². The maximum absolute atomic E-state index is 4.63. The van der Waals surface area contributed by atoms with E-state index in [0.29, 0.717) is 5.92 Å². The van der Waals surface area contributed by atoms with Gasteiger partial charge in [0.2, 0.25) is 0 Å². The lowest BCUT2D eigenvalue weighted by Gasteiger charge is -2.08. The summed E-state index contributed by atoms with van der Waals surface area (Å²) >= 11 is 4.63. The number of hydrogen-bond donors (Lipinski definition) is 0. The predicted molar refractivity (Wildman–Crippen MR) is 65.9 cm³/mol. The van der Waals surface area contributed by atoms with Gasteiger partial charge in [-0.2, -0.15) is 0 Å². The third-order valence-corrected chi connectivity index (χ3v) is 2.37. The van der Waals surface area contributed by atoms with E-state index in [1.54, 1.807) is 0 Å². The number of thiocarbonyl (C=S) groups is 1. The first-order valence-electron chi connectivity index (χ1n) is 4.54. The van der Waals surface area contributed by atoms with Gasteiger partial charge in [0.1, 0.15) is 0 Å². The minimum atomic E-state index is 0.476. The lowest BCUT2D eigenvalue weighted by molar-refractivity contribution is 0.784. The Kier molecular flexibility index (Phi) is 4.24. The molecule has 0 amide bonds. The van der Waals surface area contributed by atoms with Crippen molar-refractivity contribution in [1.29, 1.82) is 0 Å². The minimum absolute atomic E-state index is 0.476. The molecule has 0 radical (unpaired) electrons. The molecule has 72 valence electrons. The summed E-state index contributed by atoms with van der Waals surface area (Å²) < 4.78 is 0. The molecule has 1 rings (SSSR count). The van der Waals surface area contributed by atoms with Crippen LogP contribution >= 0.6 is 12.2 Å². The Bertz CT molecular complexity index is 347. The van der Waals surface area contributed by atoms with E-state index >= 15 is 0 Å². The van der Waals surface area contributed by atoms with Crippen LogP contribution in [0.1, 0.15) is 24.8 Å². The summed E-state index contributed by atoms with van der Waals surface area (Å²) in [6.45, 7) is 5.64. The molecule has 0 aromatic heterocycles. The van der Waals surface area contributed by atoms with Gasteiger partial charge in [0, 0.05) is 0 Å². The van der Waals surface area contributed by atoms with Gasteiger partial charge in [0.25, 0.3) is 0 Å². The van der Waals surface area contributed by atoms with E-state index in [1.165, 1.54) is 5.56 Å². The molecule has 0 heterocycles. The van der Waals surface area contributed by atoms with Crippen molar-refractivity contribution in [3.8, 4) is 0 Å². The van der Waals surface area contributed by atoms with Gasteiger partial charge in [-0.1, -0.05) is 24.1 Å². The van der Waals surface area contributed by atoms with Crippen LogP contribution in [0.4, 0.5) is 5.69 Å². The molecule has 1 aromatic rings. The summed E-state index contributed by atoms with van der Waals surface area (Å²) in [5, 5.41) is 2.62. The fraction of sp³-hybridized carbons (Fsp3) is 0.250. The van der Waals surface area contributed by atoms with Crippen LogP contribution in [-0.4, -0.2) is 11.7 Å². The highest BCUT2D eigenvalue weighted by Crippen LogP contribution is 2.21. The number of rotatable bonds is 4. The fourth-order valence-electron chi connectivity index (χ4n) is 1.27. The zero-order valence-electron chi connectivity index (χ0n) is 8.23. The quantitative estimate of drug-likeness (QED) is 0.537. The van der Waals surface area contributed by atoms with Crippen molar-refractivity contribution >= 4 is 29.6 Å². The van der Waals surface area contributed by atoms with Crippen LogP contribution in [0, 0.1) is 0 Å². The molecule has 0 fully saturated rings. The van der Waals surface area contributed by atoms with Crippen molar-refractivity contribution < 1.29 is 0 Å². The molecule has 0 saturated heterocycles. The minimum Gasteiger partial charge on any atom is -0.265 e. The van der Waals surface area contributed by atoms with Crippen molar-refractivity contribution in [1.82, 2.24) is 0 Å². The predicted octanol–water partition coefficient (Wildman–Crippen LogP) is 3.67. The lowest BCUT2D eigenvalue weighted by atomic mass is 9.98. The first-order chi connectivity index (χ1) is 6.77. The van der Waals surface area contributed by atoms with Gasteiger partial charge < -0.3 is 0 Å². The van der Waals surface area contributed by atoms with Crippen LogP contribution in [-0.2, 0) is 0 Å². The molecular formula is C12H13NS. The largest absolute Gasteiger partial charge is 0.265 e. The molecule has 0 aliphatic heterocycles. The van der Waals surface area contributed by atoms with E-state index in [-0.39, 0.29) is 0 Å². The van der Waals surface area contributed by atoms with Crippen LogP contribution < -0.4 is 0 Å². The van der Waals surface area contributed by atoms with Crippen LogP contribution in [0.25, 0.3) is 0 Å². The van der Waals surface area contributed by atoms with Crippen LogP contribution in [0.5, 0.6) is 0 Å². The van der Waals surface area contributed by atoms with Crippen molar-refractivity contribution in [2.24, 2.45) is 4.99 Å². The van der Waals surface area contributed by atoms with Crippen LogP contribution in [0.15, 0.2) is 35.3 Å². The smallest absolute Gasteiger partial charge is 0.0622 e. The average Bonchev–Trinajstić information content (AvgIpc) is 2.26. The van der Waals surface area contributed by atoms with E-state index in [2.05, 4.69) is 48.0 Å². The van der Waals surface area contributed by atoms with E-state index in [4.69, 9.17) is 0 Å². The van der Waals surface area contributed by atoms with Crippen molar-refractivity contribution in [2.75, 3.05) is 0 Å². The molecule has 1 nitrogen and oxygen atoms in total. The normalized spacial score (nSPS) is 11.5. The van der Waals surface area contributed by atoms with Gasteiger partial charge in [-0.25, -0.2) is 0 Å². The van der Waals surface area contributed by atoms with Crippen molar-refractivity contribution in [3.63, 3.8) is 0 Å². The summed E-state index contributed by atoms with van der Waals surface area (Å²) in [6, 6.07) is 8.09. The molecule has 1 aromatic carbocycles. The average molecular weight is 203 g/mol. The Morgan fingerprint density at radius 3 is 2.64 bits per heavy atom. The summed E-state index contributed by atoms with van der Waals surface area (Å²) in [7, 11) is 0. The fourth-order valence-corrected chi connectivity index (χ4v) is 1.37. The Hall–Kier alpha value is -1.24. The second kappa shape index (κ2) is 5.48. The summed E-state index contributed by atoms with van der Waals surface area (Å²) in [6.07, 6.45) is 2.82. The zero-order chi connectivity index (χ0) is 10.4. The van der Waals surface area contributed by atoms with Gasteiger partial charge in [0.05, 0.1) is 5.69 Å². The molecule has 14 heavy (non-hydrogen) atoms. The second-order valence-corrected chi connectivity index (χ2v) is 3.44. The first-order valence-corrected chi connectivity index (χ1v) is 4.94. The molecule has 0 N–H and O–H groups in total. The molecule has 2 heteroatoms. The van der Waals surface area contributed by atoms with Crippen LogP contribution in [0.2, 0.25) is 0 Å². The van der Waals surface area contributed by atoms with Crippen LogP contribution in [0.3, 0.4) is 0 Å². The Balaban J connectivity index is 2.75. The SMILES string of the molecule is C=Nc1ccc(C(C)CC=C=S)cc1. The highest BCUT2D eigenvalue weighted by atomic mass is 32.1. The highest BCUT2D eigenvalue weighted by Gasteiger charge is 2.02. The van der Waals surface area contributed by atoms with Gasteiger partial charge in [-0.3, -0.25) is 4.99 Å². The number of allylic oxidation sites excluding steroid dienone is 1. The third kappa shape index (κ3) is 2.91. The van der Waals surface area contributed by atoms with E-state index < -0.39 is 0 Å². The van der Waals surface area contributed by atoms with Gasteiger partial charge >= 0.3 is 0 Å². The lowest BCUT2D eigenvalue weighted by Crippen LogP contribution is -1.90. The Morgan fingerprint density at radius 1 is 1.50 bits per heavy atom. The Labute approximate surface area is 90.2 Å². The van der Waals surface area contributed by atoms with E-state index in [1.807, 2.05) is 18.2 Å². The van der Waals surface area contributed by atoms with Gasteiger partial charge in [-0.15, -0.1) is 0 Å². The number of aliphatic imine (C=N–C) groups is 1. The molecule has 0 bridgehead atoms.